The number of fused-ring (bicyclic) bond motifs is 2. The Morgan fingerprint density at radius 1 is 1.09 bits per heavy atom. The van der Waals surface area contributed by atoms with Gasteiger partial charge in [0.15, 0.2) is 0 Å². The van der Waals surface area contributed by atoms with E-state index in [1.807, 2.05) is 0 Å². The van der Waals surface area contributed by atoms with Crippen molar-refractivity contribution >= 4 is 29.6 Å². The fourth-order valence-corrected chi connectivity index (χ4v) is 4.44. The predicted molar refractivity (Wildman–Crippen MR) is 119 cm³/mol. The third-order valence-corrected chi connectivity index (χ3v) is 6.06. The number of nitrogens with zero attached hydrogens (tertiary/aromatic N) is 6. The molecule has 0 spiro atoms. The molecule has 3 aromatic heterocycles. The first-order valence-electron chi connectivity index (χ1n) is 9.91. The molecule has 0 aliphatic heterocycles. The van der Waals surface area contributed by atoms with Crippen LogP contribution in [-0.4, -0.2) is 41.5 Å². The quantitative estimate of drug-likeness (QED) is 0.382. The molecule has 11 heteroatoms. The topological polar surface area (TPSA) is 107 Å². The van der Waals surface area contributed by atoms with Gasteiger partial charge in [0.1, 0.15) is 0 Å². The van der Waals surface area contributed by atoms with E-state index in [0.717, 1.165) is 0 Å². The highest BCUT2D eigenvalue weighted by Gasteiger charge is 2.38. The molecule has 0 bridgehead atoms. The largest absolute Gasteiger partial charge is 0.373 e. The van der Waals surface area contributed by atoms with Crippen molar-refractivity contribution in [2.75, 3.05) is 6.66 Å². The van der Waals surface area contributed by atoms with Crippen LogP contribution in [0.25, 0.3) is 33.5 Å². The number of hydrogen-bond acceptors (Lipinski definition) is 6. The molecule has 0 aliphatic carbocycles. The third-order valence-electron chi connectivity index (χ3n) is 5.11. The minimum Gasteiger partial charge on any atom is -0.344 e. The van der Waals surface area contributed by atoms with E-state index >= 15 is 8.78 Å². The number of pyridine rings is 1. The summed E-state index contributed by atoms with van der Waals surface area (Å²) < 4.78 is 43.0. The maximum atomic E-state index is 15.4. The van der Waals surface area contributed by atoms with E-state index in [9.17, 15) is 9.46 Å². The van der Waals surface area contributed by atoms with Crippen LogP contribution in [0.1, 0.15) is 11.1 Å². The van der Waals surface area contributed by atoms with E-state index in [2.05, 4.69) is 25.3 Å². The number of aromatic nitrogens is 6. The van der Waals surface area contributed by atoms with Crippen molar-refractivity contribution in [2.45, 2.75) is 12.2 Å². The molecule has 1 N–H and O–H groups in total. The molecule has 0 radical (unpaired) electrons. The Labute approximate surface area is 186 Å². The van der Waals surface area contributed by atoms with Crippen LogP contribution in [0.3, 0.4) is 0 Å². The van der Waals surface area contributed by atoms with Crippen molar-refractivity contribution in [1.82, 2.24) is 29.9 Å². The standard InChI is InChI=1S/C22H17F2N6O2P/c1-33(31,32)13-14-4-6-15(7-5-14)19-12-26-20-21(27-19)30(29-28-20)22(23,24)17-8-9-18-16(11-17)3-2-10-25-18/h2-12H,13H2,1H3,(H,31,32). The first-order valence-corrected chi connectivity index (χ1v) is 12.2. The van der Waals surface area contributed by atoms with Crippen molar-refractivity contribution in [3.05, 3.63) is 78.1 Å². The third kappa shape index (κ3) is 4.10. The van der Waals surface area contributed by atoms with E-state index in [1.54, 1.807) is 42.6 Å². The summed E-state index contributed by atoms with van der Waals surface area (Å²) in [6, 6.07) is 10.8. The van der Waals surface area contributed by atoms with E-state index in [1.165, 1.54) is 31.1 Å². The number of alkyl halides is 2. The van der Waals surface area contributed by atoms with Gasteiger partial charge in [0.25, 0.3) is 0 Å². The fraction of sp³-hybridized carbons (Fsp3) is 0.136. The van der Waals surface area contributed by atoms with Gasteiger partial charge in [0.2, 0.25) is 18.7 Å². The van der Waals surface area contributed by atoms with Crippen molar-refractivity contribution in [3.8, 4) is 11.3 Å². The van der Waals surface area contributed by atoms with Gasteiger partial charge in [-0.3, -0.25) is 9.55 Å². The van der Waals surface area contributed by atoms with Crippen LogP contribution in [0.5, 0.6) is 0 Å². The lowest BCUT2D eigenvalue weighted by Gasteiger charge is -2.17. The van der Waals surface area contributed by atoms with Crippen molar-refractivity contribution in [2.24, 2.45) is 0 Å². The molecule has 2 aromatic carbocycles. The van der Waals surface area contributed by atoms with Gasteiger partial charge in [-0.1, -0.05) is 35.5 Å². The monoisotopic (exact) mass is 466 g/mol. The number of hydrogen-bond donors (Lipinski definition) is 1. The Hall–Kier alpha value is -3.62. The molecule has 0 amide bonds. The van der Waals surface area contributed by atoms with Gasteiger partial charge in [-0.05, 0) is 29.8 Å². The van der Waals surface area contributed by atoms with Gasteiger partial charge in [-0.25, -0.2) is 9.97 Å². The Balaban J connectivity index is 1.54. The lowest BCUT2D eigenvalue weighted by atomic mass is 10.1. The minimum absolute atomic E-state index is 0.00953. The molecule has 5 aromatic rings. The SMILES string of the molecule is CP(=O)(O)Cc1ccc(-c2cnc3nnn(C(F)(F)c4ccc5ncccc5c4)c3n2)cc1. The molecular weight excluding hydrogens is 449 g/mol. The summed E-state index contributed by atoms with van der Waals surface area (Å²) in [4.78, 5) is 22.2. The van der Waals surface area contributed by atoms with Crippen LogP contribution >= 0.6 is 7.37 Å². The zero-order chi connectivity index (χ0) is 23.2. The van der Waals surface area contributed by atoms with Gasteiger partial charge < -0.3 is 4.89 Å². The average Bonchev–Trinajstić information content (AvgIpc) is 3.22. The maximum absolute atomic E-state index is 15.4. The molecule has 1 unspecified atom stereocenters. The van der Waals surface area contributed by atoms with E-state index in [0.29, 0.717) is 32.4 Å². The summed E-state index contributed by atoms with van der Waals surface area (Å²) in [6.07, 6.45) is 3.06. The average molecular weight is 466 g/mol. The Morgan fingerprint density at radius 2 is 1.88 bits per heavy atom. The summed E-state index contributed by atoms with van der Waals surface area (Å²) in [5.74, 6) is 0. The van der Waals surface area contributed by atoms with Gasteiger partial charge in [0, 0.05) is 35.5 Å². The van der Waals surface area contributed by atoms with Crippen molar-refractivity contribution in [1.29, 1.82) is 0 Å². The molecule has 5 rings (SSSR count). The zero-order valence-electron chi connectivity index (χ0n) is 17.3. The van der Waals surface area contributed by atoms with Crippen LogP contribution < -0.4 is 0 Å². The van der Waals surface area contributed by atoms with E-state index < -0.39 is 13.4 Å². The van der Waals surface area contributed by atoms with Crippen molar-refractivity contribution < 1.29 is 18.2 Å². The van der Waals surface area contributed by atoms with E-state index in [-0.39, 0.29) is 23.0 Å². The predicted octanol–water partition coefficient (Wildman–Crippen LogP) is 4.43. The molecule has 3 heterocycles. The summed E-state index contributed by atoms with van der Waals surface area (Å²) in [7, 11) is -3.20. The molecule has 33 heavy (non-hydrogen) atoms. The van der Waals surface area contributed by atoms with Crippen LogP contribution in [0.15, 0.2) is 67.0 Å². The Bertz CT molecular complexity index is 1530. The van der Waals surface area contributed by atoms with Crippen LogP contribution in [-0.2, 0) is 16.8 Å². The first kappa shape index (κ1) is 21.2. The Morgan fingerprint density at radius 3 is 2.64 bits per heavy atom. The second-order valence-corrected chi connectivity index (χ2v) is 10.2. The highest BCUT2D eigenvalue weighted by atomic mass is 31.2. The number of halogens is 2. The van der Waals surface area contributed by atoms with Crippen LogP contribution in [0, 0.1) is 0 Å². The molecular formula is C22H17F2N6O2P. The molecule has 0 saturated heterocycles. The molecule has 0 aliphatic rings. The second-order valence-electron chi connectivity index (χ2n) is 7.76. The molecule has 0 saturated carbocycles. The summed E-state index contributed by atoms with van der Waals surface area (Å²) in [5.41, 5.74) is 1.80. The fourth-order valence-electron chi connectivity index (χ4n) is 3.55. The normalized spacial score (nSPS) is 13.9. The minimum atomic E-state index is -3.53. The zero-order valence-corrected chi connectivity index (χ0v) is 18.2. The van der Waals surface area contributed by atoms with Crippen molar-refractivity contribution in [3.63, 3.8) is 0 Å². The molecule has 166 valence electrons. The first-order chi connectivity index (χ1) is 15.7. The lowest BCUT2D eigenvalue weighted by Crippen LogP contribution is -2.26. The highest BCUT2D eigenvalue weighted by molar-refractivity contribution is 7.56. The van der Waals surface area contributed by atoms with Gasteiger partial charge in [-0.2, -0.15) is 13.5 Å². The Kier molecular flexibility index (Phi) is 4.99. The number of benzene rings is 2. The van der Waals surface area contributed by atoms with Crippen LogP contribution in [0.2, 0.25) is 0 Å². The molecule has 1 atom stereocenters. The smallest absolute Gasteiger partial charge is 0.344 e. The summed E-state index contributed by atoms with van der Waals surface area (Å²) >= 11 is 0. The maximum Gasteiger partial charge on any atom is 0.373 e. The second kappa shape index (κ2) is 7.75. The van der Waals surface area contributed by atoms with E-state index in [4.69, 9.17) is 0 Å². The highest BCUT2D eigenvalue weighted by Crippen LogP contribution is 2.40. The molecule has 0 fully saturated rings. The van der Waals surface area contributed by atoms with Crippen LogP contribution in [0.4, 0.5) is 8.78 Å². The lowest BCUT2D eigenvalue weighted by molar-refractivity contribution is -0.0458. The van der Waals surface area contributed by atoms with Gasteiger partial charge >= 0.3 is 6.05 Å². The molecule has 8 nitrogen and oxygen atoms in total. The number of rotatable bonds is 5. The van der Waals surface area contributed by atoms with Gasteiger partial charge in [0.05, 0.1) is 17.4 Å². The summed E-state index contributed by atoms with van der Waals surface area (Å²) in [6.45, 7) is 1.29. The van der Waals surface area contributed by atoms with Gasteiger partial charge in [-0.15, -0.1) is 5.10 Å². The summed E-state index contributed by atoms with van der Waals surface area (Å²) in [5, 5.41) is 7.95.